The molecule has 0 heterocycles. The van der Waals surface area contributed by atoms with Crippen molar-refractivity contribution in [3.8, 4) is 0 Å². The number of ether oxygens (including phenoxy) is 1. The minimum atomic E-state index is -3.54. The molecule has 0 aliphatic rings. The lowest BCUT2D eigenvalue weighted by molar-refractivity contribution is -0.0180. The van der Waals surface area contributed by atoms with Gasteiger partial charge in [0.15, 0.2) is 0 Å². The first-order chi connectivity index (χ1) is 6.46. The minimum Gasteiger partial charge on any atom is -0.373 e. The van der Waals surface area contributed by atoms with Crippen molar-refractivity contribution in [3.05, 3.63) is 0 Å². The molecule has 0 radical (unpaired) electrons. The molecule has 0 saturated heterocycles. The van der Waals surface area contributed by atoms with E-state index < -0.39 is 12.8 Å². The lowest BCUT2D eigenvalue weighted by atomic mass is 10.2. The van der Waals surface area contributed by atoms with Crippen molar-refractivity contribution in [3.63, 3.8) is 0 Å². The van der Waals surface area contributed by atoms with Crippen LogP contribution in [0.1, 0.15) is 41.5 Å². The summed E-state index contributed by atoms with van der Waals surface area (Å²) in [6.07, 6.45) is 0. The fourth-order valence-electron chi connectivity index (χ4n) is 0.703. The van der Waals surface area contributed by atoms with E-state index in [0.29, 0.717) is 6.61 Å². The van der Waals surface area contributed by atoms with Crippen molar-refractivity contribution in [1.82, 2.24) is 0 Å². The van der Waals surface area contributed by atoms with Gasteiger partial charge in [-0.3, -0.25) is 4.57 Å². The highest BCUT2D eigenvalue weighted by atomic mass is 31.2. The van der Waals surface area contributed by atoms with E-state index in [1.165, 1.54) is 0 Å². The highest BCUT2D eigenvalue weighted by Gasteiger charge is 2.36. The summed E-state index contributed by atoms with van der Waals surface area (Å²) < 4.78 is 22.0. The third-order valence-corrected chi connectivity index (χ3v) is 3.96. The topological polar surface area (TPSA) is 55.8 Å². The molecule has 0 bridgehead atoms. The molecule has 0 aliphatic carbocycles. The van der Waals surface area contributed by atoms with E-state index in [9.17, 15) is 9.46 Å². The van der Waals surface area contributed by atoms with Crippen molar-refractivity contribution >= 4 is 7.60 Å². The number of hydrogen-bond donors (Lipinski definition) is 1. The van der Waals surface area contributed by atoms with Gasteiger partial charge in [-0.05, 0) is 41.5 Å². The van der Waals surface area contributed by atoms with Gasteiger partial charge in [0.2, 0.25) is 0 Å². The minimum absolute atomic E-state index is 0.141. The average molecular weight is 238 g/mol. The van der Waals surface area contributed by atoms with Crippen LogP contribution in [0.2, 0.25) is 0 Å². The molecule has 15 heavy (non-hydrogen) atoms. The van der Waals surface area contributed by atoms with E-state index >= 15 is 0 Å². The second-order valence-corrected chi connectivity index (χ2v) is 8.13. The van der Waals surface area contributed by atoms with E-state index in [4.69, 9.17) is 9.26 Å². The van der Waals surface area contributed by atoms with Gasteiger partial charge in [-0.15, -0.1) is 0 Å². The van der Waals surface area contributed by atoms with Crippen LogP contribution in [0.25, 0.3) is 0 Å². The van der Waals surface area contributed by atoms with Gasteiger partial charge in [-0.2, -0.15) is 0 Å². The summed E-state index contributed by atoms with van der Waals surface area (Å²) in [5, 5.41) is -0.741. The van der Waals surface area contributed by atoms with E-state index in [-0.39, 0.29) is 12.2 Å². The second kappa shape index (κ2) is 4.96. The Balaban J connectivity index is 3.93. The molecule has 0 aromatic heterocycles. The fraction of sp³-hybridized carbons (Fsp3) is 1.00. The predicted octanol–water partition coefficient (Wildman–Crippen LogP) is 2.80. The molecule has 5 heteroatoms. The molecular weight excluding hydrogens is 215 g/mol. The summed E-state index contributed by atoms with van der Waals surface area (Å²) in [5.41, 5.74) is -0.245. The number of rotatable bonds is 4. The molecule has 0 rings (SSSR count). The molecule has 4 nitrogen and oxygen atoms in total. The Labute approximate surface area is 92.5 Å². The van der Waals surface area contributed by atoms with E-state index in [2.05, 4.69) is 0 Å². The summed E-state index contributed by atoms with van der Waals surface area (Å²) in [4.78, 5) is 9.56. The molecule has 0 amide bonds. The Hall–Kier alpha value is 0.110. The van der Waals surface area contributed by atoms with Gasteiger partial charge in [0.1, 0.15) is 0 Å². The summed E-state index contributed by atoms with van der Waals surface area (Å²) in [6, 6.07) is 0. The highest BCUT2D eigenvalue weighted by Crippen LogP contribution is 2.54. The fourth-order valence-corrected chi connectivity index (χ4v) is 1.41. The third-order valence-electron chi connectivity index (χ3n) is 1.73. The maximum absolute atomic E-state index is 11.6. The zero-order valence-corrected chi connectivity index (χ0v) is 11.4. The lowest BCUT2D eigenvalue weighted by Gasteiger charge is -2.26. The Morgan fingerprint density at radius 2 is 1.53 bits per heavy atom. The molecule has 0 spiro atoms. The van der Waals surface area contributed by atoms with Crippen LogP contribution in [0, 0.1) is 0 Å². The summed E-state index contributed by atoms with van der Waals surface area (Å²) in [7, 11) is -3.54. The average Bonchev–Trinajstić information content (AvgIpc) is 1.94. The van der Waals surface area contributed by atoms with Gasteiger partial charge >= 0.3 is 7.60 Å². The molecule has 92 valence electrons. The van der Waals surface area contributed by atoms with Crippen LogP contribution in [0.15, 0.2) is 0 Å². The molecule has 0 fully saturated rings. The van der Waals surface area contributed by atoms with Gasteiger partial charge in [-0.1, -0.05) is 0 Å². The SMILES string of the molecule is CC(C)(C)OCCOP(=O)(O)C(C)(C)C. The molecule has 0 aliphatic heterocycles. The molecule has 0 saturated carbocycles. The van der Waals surface area contributed by atoms with Crippen LogP contribution >= 0.6 is 7.60 Å². The van der Waals surface area contributed by atoms with Crippen LogP contribution < -0.4 is 0 Å². The third kappa shape index (κ3) is 6.31. The van der Waals surface area contributed by atoms with Gasteiger partial charge in [0.25, 0.3) is 0 Å². The summed E-state index contributed by atoms with van der Waals surface area (Å²) in [6.45, 7) is 11.3. The maximum atomic E-state index is 11.6. The van der Waals surface area contributed by atoms with Crippen LogP contribution in [-0.2, 0) is 13.8 Å². The Bertz CT molecular complexity index is 237. The molecule has 1 unspecified atom stereocenters. The normalized spacial score (nSPS) is 17.5. The van der Waals surface area contributed by atoms with Crippen molar-refractivity contribution in [2.75, 3.05) is 13.2 Å². The summed E-state index contributed by atoms with van der Waals surface area (Å²) in [5.74, 6) is 0. The van der Waals surface area contributed by atoms with Gasteiger partial charge in [-0.25, -0.2) is 0 Å². The Morgan fingerprint density at radius 3 is 1.87 bits per heavy atom. The van der Waals surface area contributed by atoms with Crippen molar-refractivity contribution in [1.29, 1.82) is 0 Å². The smallest absolute Gasteiger partial charge is 0.333 e. The molecule has 0 aromatic carbocycles. The highest BCUT2D eigenvalue weighted by molar-refractivity contribution is 7.54. The number of hydrogen-bond acceptors (Lipinski definition) is 3. The largest absolute Gasteiger partial charge is 0.373 e. The maximum Gasteiger partial charge on any atom is 0.333 e. The van der Waals surface area contributed by atoms with Crippen LogP contribution in [0.4, 0.5) is 0 Å². The zero-order valence-electron chi connectivity index (χ0n) is 10.5. The van der Waals surface area contributed by atoms with Crippen LogP contribution in [-0.4, -0.2) is 28.9 Å². The standard InChI is InChI=1S/C10H23O4P/c1-9(2,3)13-7-8-14-15(11,12)10(4,5)6/h7-8H2,1-6H3,(H,11,12). The van der Waals surface area contributed by atoms with Crippen LogP contribution in [0.3, 0.4) is 0 Å². The first kappa shape index (κ1) is 15.1. The van der Waals surface area contributed by atoms with Gasteiger partial charge in [0.05, 0.1) is 24.0 Å². The van der Waals surface area contributed by atoms with E-state index in [0.717, 1.165) is 0 Å². The lowest BCUT2D eigenvalue weighted by Crippen LogP contribution is -2.23. The molecule has 1 atom stereocenters. The van der Waals surface area contributed by atoms with Crippen molar-refractivity contribution < 1.29 is 18.7 Å². The van der Waals surface area contributed by atoms with Crippen LogP contribution in [0.5, 0.6) is 0 Å². The first-order valence-corrected chi connectivity index (χ1v) is 6.65. The molecule has 1 N–H and O–H groups in total. The van der Waals surface area contributed by atoms with Gasteiger partial charge < -0.3 is 14.2 Å². The van der Waals surface area contributed by atoms with E-state index in [1.54, 1.807) is 20.8 Å². The van der Waals surface area contributed by atoms with Gasteiger partial charge in [0, 0.05) is 0 Å². The Morgan fingerprint density at radius 1 is 1.07 bits per heavy atom. The predicted molar refractivity (Wildman–Crippen MR) is 61.2 cm³/mol. The van der Waals surface area contributed by atoms with Crippen molar-refractivity contribution in [2.24, 2.45) is 0 Å². The zero-order chi connectivity index (χ0) is 12.3. The first-order valence-electron chi connectivity index (χ1n) is 5.07. The van der Waals surface area contributed by atoms with Crippen molar-refractivity contribution in [2.45, 2.75) is 52.3 Å². The second-order valence-electron chi connectivity index (χ2n) is 5.49. The monoisotopic (exact) mass is 238 g/mol. The quantitative estimate of drug-likeness (QED) is 0.604. The molecule has 0 aromatic rings. The Kier molecular flexibility index (Phi) is 5.00. The molecular formula is C10H23O4P. The van der Waals surface area contributed by atoms with E-state index in [1.807, 2.05) is 20.8 Å². The summed E-state index contributed by atoms with van der Waals surface area (Å²) >= 11 is 0.